The molecule has 4 aromatic rings. The van der Waals surface area contributed by atoms with Gasteiger partial charge in [0.25, 0.3) is 0 Å². The molecule has 0 aliphatic heterocycles. The molecule has 4 heteroatoms. The smallest absolute Gasteiger partial charge is 0.0512 e. The van der Waals surface area contributed by atoms with Crippen molar-refractivity contribution in [2.75, 3.05) is 0 Å². The Hall–Kier alpha value is -0.540. The Labute approximate surface area is 323 Å². The standard InChI is InChI=1S/4C9H11.2C3H6.2ClH.2Hf/c4*1-2-5-9-7-3-6-8(9)4-1;2*1-3-2;;;;/h4*3,6-7H,1-2,4-5H2;2*1-2H3;2*1H;;/q4*-1;;;;;2*+2. The van der Waals surface area contributed by atoms with Crippen molar-refractivity contribution in [2.24, 2.45) is 0 Å². The van der Waals surface area contributed by atoms with Gasteiger partial charge in [0.1, 0.15) is 0 Å². The Bertz CT molecular complexity index is 1070. The Balaban J connectivity index is 0.000000282. The predicted molar refractivity (Wildman–Crippen MR) is 202 cm³/mol. The number of hydrogen-bond donors (Lipinski definition) is 0. The number of fused-ring (bicyclic) bond motifs is 4. The second kappa shape index (κ2) is 25.4. The van der Waals surface area contributed by atoms with Crippen LogP contribution < -0.4 is 0 Å². The molecule has 0 heterocycles. The van der Waals surface area contributed by atoms with Crippen molar-refractivity contribution >= 4 is 31.3 Å². The van der Waals surface area contributed by atoms with Crippen molar-refractivity contribution in [3.8, 4) is 0 Å². The SMILES string of the molecule is C[C](C)=[Hf+2].C[C](C)=[Hf+2].Cl.Cl.c1cc2c([cH-]1)CCCC2.c1cc2c([cH-]1)CCCC2.c1cc2c([cH-]1)CCCC2.c1cc2c([cH-]1)CCCC2. The Kier molecular flexibility index (Phi) is 24.0. The summed E-state index contributed by atoms with van der Waals surface area (Å²) in [7, 11) is 0. The number of aryl methyl sites for hydroxylation is 8. The molecule has 0 atom stereocenters. The monoisotopic (exact) mass is 992 g/mol. The maximum Gasteiger partial charge on any atom is -0.0512 e. The molecule has 4 aliphatic rings. The normalized spacial score (nSPS) is 14.8. The van der Waals surface area contributed by atoms with Gasteiger partial charge in [-0.05, 0) is 0 Å². The maximum atomic E-state index is 2.26. The minimum atomic E-state index is 0. The van der Waals surface area contributed by atoms with Crippen LogP contribution in [0.25, 0.3) is 0 Å². The van der Waals surface area contributed by atoms with E-state index >= 15 is 0 Å². The van der Waals surface area contributed by atoms with Gasteiger partial charge in [-0.15, -0.1) is 24.8 Å². The third-order valence-electron chi connectivity index (χ3n) is 8.60. The van der Waals surface area contributed by atoms with Crippen LogP contribution in [0.3, 0.4) is 0 Å². The summed E-state index contributed by atoms with van der Waals surface area (Å²) >= 11 is 2.53. The van der Waals surface area contributed by atoms with Gasteiger partial charge in [0.2, 0.25) is 0 Å². The molecule has 4 aromatic carbocycles. The van der Waals surface area contributed by atoms with Crippen LogP contribution in [0.5, 0.6) is 0 Å². The van der Waals surface area contributed by atoms with Crippen molar-refractivity contribution in [3.05, 3.63) is 117 Å². The molecule has 0 bridgehead atoms. The molecule has 0 saturated heterocycles. The molecule has 0 unspecified atom stereocenters. The number of rotatable bonds is 0. The Morgan fingerprint density at radius 2 is 0.565 bits per heavy atom. The van der Waals surface area contributed by atoms with E-state index in [0.717, 1.165) is 0 Å². The molecule has 248 valence electrons. The molecule has 0 saturated carbocycles. The molecule has 0 aromatic heterocycles. The molecule has 0 spiro atoms. The van der Waals surface area contributed by atoms with E-state index in [1.165, 1.54) is 151 Å². The Morgan fingerprint density at radius 3 is 0.739 bits per heavy atom. The second-order valence-electron chi connectivity index (χ2n) is 13.1. The first-order chi connectivity index (χ1) is 21.3. The topological polar surface area (TPSA) is 0 Å². The van der Waals surface area contributed by atoms with Crippen LogP contribution in [-0.4, -0.2) is 6.51 Å². The molecule has 0 radical (unpaired) electrons. The second-order valence-corrected chi connectivity index (χ2v) is 20.3. The van der Waals surface area contributed by atoms with E-state index in [-0.39, 0.29) is 24.8 Å². The molecule has 46 heavy (non-hydrogen) atoms. The van der Waals surface area contributed by atoms with E-state index in [9.17, 15) is 0 Å². The minimum absolute atomic E-state index is 0. The summed E-state index contributed by atoms with van der Waals surface area (Å²) in [6.45, 7) is 8.58. The van der Waals surface area contributed by atoms with Crippen LogP contribution >= 0.6 is 24.8 Å². The molecular formula is C42H58Cl2Hf2. The molecule has 0 amide bonds. The first kappa shape index (κ1) is 43.5. The molecule has 0 fully saturated rings. The van der Waals surface area contributed by atoms with E-state index in [2.05, 4.69) is 100 Å². The van der Waals surface area contributed by atoms with Crippen LogP contribution in [0, 0.1) is 0 Å². The average Bonchev–Trinajstić information content (AvgIpc) is 3.84. The third kappa shape index (κ3) is 17.2. The molecule has 0 nitrogen and oxygen atoms in total. The van der Waals surface area contributed by atoms with Gasteiger partial charge in [0, 0.05) is 0 Å². The van der Waals surface area contributed by atoms with E-state index in [4.69, 9.17) is 0 Å². The summed E-state index contributed by atoms with van der Waals surface area (Å²) in [5.74, 6) is 0. The van der Waals surface area contributed by atoms with Gasteiger partial charge >= 0.3 is 82.0 Å². The van der Waals surface area contributed by atoms with Crippen molar-refractivity contribution in [1.29, 1.82) is 0 Å². The minimum Gasteiger partial charge on any atom is -0.210 e. The predicted octanol–water partition coefficient (Wildman–Crippen LogP) is 11.5. The van der Waals surface area contributed by atoms with Crippen LogP contribution in [0.15, 0.2) is 72.8 Å². The third-order valence-corrected chi connectivity index (χ3v) is 8.60. The fourth-order valence-electron chi connectivity index (χ4n) is 6.45. The van der Waals surface area contributed by atoms with Crippen LogP contribution in [0.1, 0.15) is 124 Å². The Morgan fingerprint density at radius 1 is 0.391 bits per heavy atom. The van der Waals surface area contributed by atoms with Gasteiger partial charge in [-0.1, -0.05) is 103 Å². The van der Waals surface area contributed by atoms with E-state index in [0.29, 0.717) is 0 Å². The van der Waals surface area contributed by atoms with Crippen molar-refractivity contribution in [2.45, 2.75) is 130 Å². The zero-order chi connectivity index (χ0) is 31.6. The molecule has 0 N–H and O–H groups in total. The van der Waals surface area contributed by atoms with Crippen molar-refractivity contribution < 1.29 is 47.8 Å². The van der Waals surface area contributed by atoms with Gasteiger partial charge in [0.15, 0.2) is 0 Å². The van der Waals surface area contributed by atoms with Crippen molar-refractivity contribution in [1.82, 2.24) is 0 Å². The summed E-state index contributed by atoms with van der Waals surface area (Å²) in [5.41, 5.74) is 12.8. The quantitative estimate of drug-likeness (QED) is 0.122. The zero-order valence-corrected chi connectivity index (χ0v) is 37.9. The van der Waals surface area contributed by atoms with Gasteiger partial charge in [-0.25, -0.2) is 24.3 Å². The summed E-state index contributed by atoms with van der Waals surface area (Å²) in [4.78, 5) is 0. The average molecular weight is 991 g/mol. The summed E-state index contributed by atoms with van der Waals surface area (Å²) in [6.07, 6.45) is 21.8. The van der Waals surface area contributed by atoms with E-state index in [1.807, 2.05) is 0 Å². The zero-order valence-electron chi connectivity index (χ0n) is 29.1. The fourth-order valence-corrected chi connectivity index (χ4v) is 6.45. The maximum absolute atomic E-state index is 2.26. The molecule has 4 aliphatic carbocycles. The van der Waals surface area contributed by atoms with Gasteiger partial charge in [-0.3, -0.25) is 0 Å². The first-order valence-corrected chi connectivity index (χ1v) is 20.9. The fraction of sp³-hybridized carbons (Fsp3) is 0.476. The van der Waals surface area contributed by atoms with Crippen LogP contribution in [-0.2, 0) is 99.2 Å². The van der Waals surface area contributed by atoms with Gasteiger partial charge < -0.3 is 0 Å². The van der Waals surface area contributed by atoms with Gasteiger partial charge in [0.05, 0.1) is 0 Å². The molecule has 8 rings (SSSR count). The first-order valence-electron chi connectivity index (χ1n) is 17.3. The van der Waals surface area contributed by atoms with Gasteiger partial charge in [-0.2, -0.15) is 93.0 Å². The number of halogens is 2. The van der Waals surface area contributed by atoms with Crippen molar-refractivity contribution in [3.63, 3.8) is 0 Å². The van der Waals surface area contributed by atoms with E-state index in [1.54, 1.807) is 51.0 Å². The van der Waals surface area contributed by atoms with Crippen LogP contribution in [0.4, 0.5) is 0 Å². The summed E-state index contributed by atoms with van der Waals surface area (Å²) < 4.78 is 3.11. The van der Waals surface area contributed by atoms with E-state index < -0.39 is 0 Å². The van der Waals surface area contributed by atoms with Crippen LogP contribution in [0.2, 0.25) is 0 Å². The number of hydrogen-bond acceptors (Lipinski definition) is 0. The largest absolute Gasteiger partial charge is 0.210 e. The molecular weight excluding hydrogens is 932 g/mol. The summed E-state index contributed by atoms with van der Waals surface area (Å²) in [6, 6.07) is 26.8. The summed E-state index contributed by atoms with van der Waals surface area (Å²) in [5, 5.41) is 0.